The Morgan fingerprint density at radius 2 is 2.05 bits per heavy atom. The lowest BCUT2D eigenvalue weighted by molar-refractivity contribution is 0.406. The van der Waals surface area contributed by atoms with Gasteiger partial charge in [0.15, 0.2) is 0 Å². The Morgan fingerprint density at radius 1 is 1.33 bits per heavy atom. The largest absolute Gasteiger partial charge is 0.496 e. The van der Waals surface area contributed by atoms with Crippen LogP contribution in [-0.2, 0) is 6.54 Å². The molecular formula is C16H21N3O2. The number of rotatable bonds is 5. The number of aryl methyl sites for hydroxylation is 2. The summed E-state index contributed by atoms with van der Waals surface area (Å²) >= 11 is 0. The quantitative estimate of drug-likeness (QED) is 0.885. The van der Waals surface area contributed by atoms with Gasteiger partial charge in [0.1, 0.15) is 11.6 Å². The second-order valence-corrected chi connectivity index (χ2v) is 5.06. The molecule has 2 rings (SSSR count). The number of nitrogens with zero attached hydrogens (tertiary/aromatic N) is 1. The first-order valence-corrected chi connectivity index (χ1v) is 6.95. The van der Waals surface area contributed by atoms with Crippen LogP contribution in [0.5, 0.6) is 5.75 Å². The van der Waals surface area contributed by atoms with Gasteiger partial charge in [0, 0.05) is 23.8 Å². The van der Waals surface area contributed by atoms with Gasteiger partial charge in [-0.3, -0.25) is 4.79 Å². The Labute approximate surface area is 124 Å². The average Bonchev–Trinajstić information content (AvgIpc) is 2.44. The molecule has 1 heterocycles. The molecule has 0 amide bonds. The Kier molecular flexibility index (Phi) is 4.75. The second kappa shape index (κ2) is 6.54. The summed E-state index contributed by atoms with van der Waals surface area (Å²) < 4.78 is 5.33. The second-order valence-electron chi connectivity index (χ2n) is 5.06. The lowest BCUT2D eigenvalue weighted by Gasteiger charge is -2.16. The van der Waals surface area contributed by atoms with E-state index < -0.39 is 0 Å². The fourth-order valence-corrected chi connectivity index (χ4v) is 2.46. The van der Waals surface area contributed by atoms with Crippen LogP contribution in [0.2, 0.25) is 0 Å². The molecule has 1 unspecified atom stereocenters. The summed E-state index contributed by atoms with van der Waals surface area (Å²) in [6.07, 6.45) is 0. The summed E-state index contributed by atoms with van der Waals surface area (Å²) in [5.74, 6) is 1.48. The number of para-hydroxylation sites is 1. The molecule has 0 aliphatic rings. The summed E-state index contributed by atoms with van der Waals surface area (Å²) in [7, 11) is 1.65. The van der Waals surface area contributed by atoms with Gasteiger partial charge >= 0.3 is 0 Å². The molecule has 0 saturated heterocycles. The third-order valence-electron chi connectivity index (χ3n) is 3.49. The van der Waals surface area contributed by atoms with Crippen LogP contribution in [0.4, 0.5) is 0 Å². The van der Waals surface area contributed by atoms with Crippen LogP contribution in [0.25, 0.3) is 0 Å². The van der Waals surface area contributed by atoms with E-state index in [1.807, 2.05) is 38.1 Å². The van der Waals surface area contributed by atoms with Crippen molar-refractivity contribution < 1.29 is 4.74 Å². The Balaban J connectivity index is 2.16. The van der Waals surface area contributed by atoms with E-state index in [-0.39, 0.29) is 11.6 Å². The van der Waals surface area contributed by atoms with Crippen LogP contribution >= 0.6 is 0 Å². The Hall–Kier alpha value is -2.14. The smallest absolute Gasteiger partial charge is 0.255 e. The average molecular weight is 287 g/mol. The van der Waals surface area contributed by atoms with E-state index in [9.17, 15) is 4.79 Å². The van der Waals surface area contributed by atoms with E-state index in [0.717, 1.165) is 17.0 Å². The summed E-state index contributed by atoms with van der Waals surface area (Å²) in [6.45, 7) is 6.23. The number of nitrogens with one attached hydrogen (secondary N) is 2. The molecule has 0 aliphatic carbocycles. The molecule has 0 radical (unpaired) electrons. The van der Waals surface area contributed by atoms with Gasteiger partial charge in [0.25, 0.3) is 5.56 Å². The van der Waals surface area contributed by atoms with Gasteiger partial charge in [-0.2, -0.15) is 0 Å². The van der Waals surface area contributed by atoms with Crippen LogP contribution in [0.1, 0.15) is 35.6 Å². The topological polar surface area (TPSA) is 67.0 Å². The van der Waals surface area contributed by atoms with Crippen molar-refractivity contribution in [2.45, 2.75) is 33.4 Å². The molecule has 112 valence electrons. The maximum Gasteiger partial charge on any atom is 0.255 e. The van der Waals surface area contributed by atoms with E-state index in [0.29, 0.717) is 17.9 Å². The van der Waals surface area contributed by atoms with E-state index in [2.05, 4.69) is 15.3 Å². The Morgan fingerprint density at radius 3 is 2.71 bits per heavy atom. The lowest BCUT2D eigenvalue weighted by atomic mass is 10.1. The van der Waals surface area contributed by atoms with Gasteiger partial charge in [0.2, 0.25) is 0 Å². The van der Waals surface area contributed by atoms with Crippen molar-refractivity contribution in [1.29, 1.82) is 0 Å². The van der Waals surface area contributed by atoms with Crippen molar-refractivity contribution >= 4 is 0 Å². The zero-order valence-electron chi connectivity index (χ0n) is 12.9. The Bertz CT molecular complexity index is 679. The molecule has 1 aromatic heterocycles. The van der Waals surface area contributed by atoms with Crippen LogP contribution in [0, 0.1) is 13.8 Å². The highest BCUT2D eigenvalue weighted by atomic mass is 16.5. The number of aromatic nitrogens is 2. The van der Waals surface area contributed by atoms with E-state index in [1.165, 1.54) is 0 Å². The highest BCUT2D eigenvalue weighted by Gasteiger charge is 2.14. The third-order valence-corrected chi connectivity index (χ3v) is 3.49. The number of hydrogen-bond donors (Lipinski definition) is 2. The number of benzene rings is 1. The molecular weight excluding hydrogens is 266 g/mol. The summed E-state index contributed by atoms with van der Waals surface area (Å²) in [6, 6.07) is 7.74. The molecule has 2 N–H and O–H groups in total. The van der Waals surface area contributed by atoms with Gasteiger partial charge < -0.3 is 15.0 Å². The molecule has 1 atom stereocenters. The molecule has 0 saturated carbocycles. The highest BCUT2D eigenvalue weighted by molar-refractivity contribution is 5.33. The zero-order valence-corrected chi connectivity index (χ0v) is 12.9. The molecule has 5 nitrogen and oxygen atoms in total. The van der Waals surface area contributed by atoms with Gasteiger partial charge in [-0.1, -0.05) is 18.2 Å². The van der Waals surface area contributed by atoms with E-state index in [4.69, 9.17) is 4.74 Å². The number of ether oxygens (including phenoxy) is 1. The maximum absolute atomic E-state index is 12.1. The summed E-state index contributed by atoms with van der Waals surface area (Å²) in [4.78, 5) is 19.2. The van der Waals surface area contributed by atoms with Gasteiger partial charge in [-0.25, -0.2) is 4.98 Å². The van der Waals surface area contributed by atoms with E-state index >= 15 is 0 Å². The van der Waals surface area contributed by atoms with Gasteiger partial charge in [-0.05, 0) is 26.8 Å². The van der Waals surface area contributed by atoms with Crippen LogP contribution in [0.15, 0.2) is 29.1 Å². The first kappa shape index (κ1) is 15.3. The van der Waals surface area contributed by atoms with Gasteiger partial charge in [0.05, 0.1) is 12.7 Å². The minimum absolute atomic E-state index is 0.0833. The molecule has 0 bridgehead atoms. The summed E-state index contributed by atoms with van der Waals surface area (Å²) in [5, 5.41) is 3.35. The molecule has 0 spiro atoms. The minimum Gasteiger partial charge on any atom is -0.496 e. The molecule has 0 fully saturated rings. The monoisotopic (exact) mass is 287 g/mol. The SMILES string of the molecule is COc1ccccc1CNC(C)c1c(C)nc(C)[nH]c1=O. The normalized spacial score (nSPS) is 12.2. The fraction of sp³-hybridized carbons (Fsp3) is 0.375. The number of methoxy groups -OCH3 is 1. The van der Waals surface area contributed by atoms with Crippen molar-refractivity contribution in [1.82, 2.24) is 15.3 Å². The van der Waals surface area contributed by atoms with Crippen LogP contribution in [-0.4, -0.2) is 17.1 Å². The summed E-state index contributed by atoms with van der Waals surface area (Å²) in [5.41, 5.74) is 2.41. The van der Waals surface area contributed by atoms with Crippen LogP contribution in [0.3, 0.4) is 0 Å². The van der Waals surface area contributed by atoms with Crippen molar-refractivity contribution in [3.63, 3.8) is 0 Å². The first-order valence-electron chi connectivity index (χ1n) is 6.95. The molecule has 0 aliphatic heterocycles. The maximum atomic E-state index is 12.1. The van der Waals surface area contributed by atoms with Gasteiger partial charge in [-0.15, -0.1) is 0 Å². The van der Waals surface area contributed by atoms with Crippen molar-refractivity contribution in [2.75, 3.05) is 7.11 Å². The standard InChI is InChI=1S/C16H21N3O2/c1-10(15-11(2)18-12(3)19-16(15)20)17-9-13-7-5-6-8-14(13)21-4/h5-8,10,17H,9H2,1-4H3,(H,18,19,20). The van der Waals surface area contributed by atoms with Crippen molar-refractivity contribution in [3.8, 4) is 5.75 Å². The fourth-order valence-electron chi connectivity index (χ4n) is 2.46. The third kappa shape index (κ3) is 3.49. The molecule has 5 heteroatoms. The predicted octanol–water partition coefficient (Wildman–Crippen LogP) is 2.25. The molecule has 21 heavy (non-hydrogen) atoms. The highest BCUT2D eigenvalue weighted by Crippen LogP contribution is 2.18. The molecule has 1 aromatic carbocycles. The molecule has 2 aromatic rings. The van der Waals surface area contributed by atoms with Crippen molar-refractivity contribution in [3.05, 3.63) is 57.3 Å². The first-order chi connectivity index (χ1) is 10.0. The van der Waals surface area contributed by atoms with E-state index in [1.54, 1.807) is 14.0 Å². The minimum atomic E-state index is -0.0910. The zero-order chi connectivity index (χ0) is 15.4. The number of aromatic amines is 1. The number of hydrogen-bond acceptors (Lipinski definition) is 4. The number of H-pyrrole nitrogens is 1. The van der Waals surface area contributed by atoms with Crippen molar-refractivity contribution in [2.24, 2.45) is 0 Å². The lowest BCUT2D eigenvalue weighted by Crippen LogP contribution is -2.27. The van der Waals surface area contributed by atoms with Crippen LogP contribution < -0.4 is 15.6 Å². The predicted molar refractivity (Wildman–Crippen MR) is 82.6 cm³/mol.